The topological polar surface area (TPSA) is 24.4 Å². The molecule has 0 bridgehead atoms. The summed E-state index contributed by atoms with van der Waals surface area (Å²) in [6.45, 7) is 6.18. The lowest BCUT2D eigenvalue weighted by Crippen LogP contribution is -2.13. The van der Waals surface area contributed by atoms with Crippen molar-refractivity contribution in [3.05, 3.63) is 36.0 Å². The van der Waals surface area contributed by atoms with Crippen molar-refractivity contribution in [1.82, 2.24) is 5.43 Å². The lowest BCUT2D eigenvalue weighted by Gasteiger charge is -2.00. The zero-order chi connectivity index (χ0) is 10.4. The highest BCUT2D eigenvalue weighted by molar-refractivity contribution is 6.03. The van der Waals surface area contributed by atoms with Gasteiger partial charge in [0.1, 0.15) is 0 Å². The number of allylic oxidation sites excluding steroid dienone is 6. The molecular weight excluding hydrogens is 172 g/mol. The van der Waals surface area contributed by atoms with Crippen LogP contribution in [0.4, 0.5) is 0 Å². The quantitative estimate of drug-likeness (QED) is 0.680. The van der Waals surface area contributed by atoms with Gasteiger partial charge in [0.05, 0.1) is 5.71 Å². The number of rotatable bonds is 3. The van der Waals surface area contributed by atoms with Crippen LogP contribution in [0.5, 0.6) is 0 Å². The van der Waals surface area contributed by atoms with Crippen LogP contribution in [-0.4, -0.2) is 11.8 Å². The molecule has 0 saturated heterocycles. The van der Waals surface area contributed by atoms with Gasteiger partial charge < -0.3 is 5.43 Å². The molecule has 0 saturated carbocycles. The second kappa shape index (κ2) is 5.43. The van der Waals surface area contributed by atoms with Crippen molar-refractivity contribution in [3.8, 4) is 0 Å². The van der Waals surface area contributed by atoms with Gasteiger partial charge in [0.2, 0.25) is 0 Å². The van der Waals surface area contributed by atoms with Crippen LogP contribution in [-0.2, 0) is 0 Å². The summed E-state index contributed by atoms with van der Waals surface area (Å²) in [4.78, 5) is 0. The summed E-state index contributed by atoms with van der Waals surface area (Å²) in [5.41, 5.74) is 5.42. The average molecular weight is 190 g/mol. The molecule has 0 fully saturated rings. The van der Waals surface area contributed by atoms with E-state index in [1.165, 1.54) is 5.57 Å². The average Bonchev–Trinajstić information content (AvgIpc) is 2.59. The molecule has 0 aromatic rings. The first-order valence-corrected chi connectivity index (χ1v) is 5.06. The first kappa shape index (κ1) is 10.8. The van der Waals surface area contributed by atoms with E-state index in [9.17, 15) is 0 Å². The van der Waals surface area contributed by atoms with E-state index in [1.807, 2.05) is 32.1 Å². The van der Waals surface area contributed by atoms with Gasteiger partial charge in [0, 0.05) is 12.5 Å². The van der Waals surface area contributed by atoms with Crippen molar-refractivity contribution in [2.75, 3.05) is 0 Å². The highest BCUT2D eigenvalue weighted by atomic mass is 15.3. The molecule has 1 unspecified atom stereocenters. The third-order valence-corrected chi connectivity index (χ3v) is 2.07. The Morgan fingerprint density at radius 1 is 1.43 bits per heavy atom. The van der Waals surface area contributed by atoms with E-state index in [-0.39, 0.29) is 0 Å². The van der Waals surface area contributed by atoms with E-state index in [2.05, 4.69) is 29.6 Å². The smallest absolute Gasteiger partial charge is 0.0696 e. The molecule has 1 aliphatic heterocycles. The minimum atomic E-state index is 0.462. The fourth-order valence-corrected chi connectivity index (χ4v) is 1.38. The number of hydrogen-bond acceptors (Lipinski definition) is 2. The van der Waals surface area contributed by atoms with E-state index in [0.29, 0.717) is 6.04 Å². The number of hydrazone groups is 1. The molecule has 0 radical (unpaired) electrons. The monoisotopic (exact) mass is 190 g/mol. The van der Waals surface area contributed by atoms with Gasteiger partial charge in [0.25, 0.3) is 0 Å². The largest absolute Gasteiger partial charge is 0.307 e. The van der Waals surface area contributed by atoms with E-state index in [4.69, 9.17) is 0 Å². The van der Waals surface area contributed by atoms with Crippen LogP contribution < -0.4 is 5.43 Å². The minimum absolute atomic E-state index is 0.462. The summed E-state index contributed by atoms with van der Waals surface area (Å²) in [6.07, 6.45) is 11.3. The first-order valence-electron chi connectivity index (χ1n) is 5.06. The van der Waals surface area contributed by atoms with Crippen LogP contribution >= 0.6 is 0 Å². The highest BCUT2D eigenvalue weighted by Crippen LogP contribution is 2.12. The first-order chi connectivity index (χ1) is 6.77. The molecule has 2 nitrogen and oxygen atoms in total. The van der Waals surface area contributed by atoms with Crippen LogP contribution in [0, 0.1) is 0 Å². The van der Waals surface area contributed by atoms with Gasteiger partial charge in [0.15, 0.2) is 0 Å². The van der Waals surface area contributed by atoms with Gasteiger partial charge >= 0.3 is 0 Å². The maximum atomic E-state index is 4.30. The molecule has 0 spiro atoms. The summed E-state index contributed by atoms with van der Waals surface area (Å²) in [7, 11) is 0. The molecule has 1 rings (SSSR count). The van der Waals surface area contributed by atoms with Crippen molar-refractivity contribution in [3.63, 3.8) is 0 Å². The van der Waals surface area contributed by atoms with Crippen LogP contribution in [0.2, 0.25) is 0 Å². The molecule has 1 aliphatic rings. The van der Waals surface area contributed by atoms with Crippen molar-refractivity contribution in [2.24, 2.45) is 5.10 Å². The maximum Gasteiger partial charge on any atom is 0.0696 e. The number of nitrogens with one attached hydrogen (secondary N) is 1. The Kier molecular flexibility index (Phi) is 4.17. The molecular formula is C12H18N2. The summed E-state index contributed by atoms with van der Waals surface area (Å²) >= 11 is 0. The van der Waals surface area contributed by atoms with Gasteiger partial charge in [-0.2, -0.15) is 5.10 Å². The third-order valence-electron chi connectivity index (χ3n) is 2.07. The molecule has 0 aromatic heterocycles. The summed E-state index contributed by atoms with van der Waals surface area (Å²) < 4.78 is 0. The molecule has 1 N–H and O–H groups in total. The van der Waals surface area contributed by atoms with E-state index < -0.39 is 0 Å². The molecule has 14 heavy (non-hydrogen) atoms. The lowest BCUT2D eigenvalue weighted by molar-refractivity contribution is 0.636. The van der Waals surface area contributed by atoms with Gasteiger partial charge in [-0.1, -0.05) is 30.4 Å². The van der Waals surface area contributed by atoms with Gasteiger partial charge in [-0.15, -0.1) is 0 Å². The Morgan fingerprint density at radius 3 is 2.71 bits per heavy atom. The van der Waals surface area contributed by atoms with Gasteiger partial charge in [-0.05, 0) is 26.3 Å². The normalized spacial score (nSPS) is 23.2. The summed E-state index contributed by atoms with van der Waals surface area (Å²) in [5, 5.41) is 4.30. The Bertz CT molecular complexity index is 295. The standard InChI is InChI=1S/C12H18N2/c1-4-6-8-11(7-5-2)12-9-10(3)13-14-12/h4-8,10,13H,9H2,1-3H3/b6-4?,7-5-,11-8+. The Balaban J connectivity index is 2.78. The van der Waals surface area contributed by atoms with E-state index >= 15 is 0 Å². The van der Waals surface area contributed by atoms with Crippen molar-refractivity contribution in [2.45, 2.75) is 33.2 Å². The Hall–Kier alpha value is -1.31. The molecule has 1 atom stereocenters. The van der Waals surface area contributed by atoms with Gasteiger partial charge in [-0.25, -0.2) is 0 Å². The maximum absolute atomic E-state index is 4.30. The number of nitrogens with zero attached hydrogens (tertiary/aromatic N) is 1. The summed E-state index contributed by atoms with van der Waals surface area (Å²) in [5.74, 6) is 0. The number of hydrogen-bond donors (Lipinski definition) is 1. The molecule has 2 heteroatoms. The van der Waals surface area contributed by atoms with E-state index in [0.717, 1.165) is 12.1 Å². The molecule has 1 heterocycles. The van der Waals surface area contributed by atoms with Gasteiger partial charge in [-0.3, -0.25) is 0 Å². The predicted octanol–water partition coefficient (Wildman–Crippen LogP) is 2.80. The minimum Gasteiger partial charge on any atom is -0.307 e. The Morgan fingerprint density at radius 2 is 2.21 bits per heavy atom. The van der Waals surface area contributed by atoms with Crippen molar-refractivity contribution < 1.29 is 0 Å². The second-order valence-corrected chi connectivity index (χ2v) is 3.44. The van der Waals surface area contributed by atoms with Crippen molar-refractivity contribution in [1.29, 1.82) is 0 Å². The summed E-state index contributed by atoms with van der Waals surface area (Å²) in [6, 6.07) is 0.462. The predicted molar refractivity (Wildman–Crippen MR) is 62.4 cm³/mol. The second-order valence-electron chi connectivity index (χ2n) is 3.44. The van der Waals surface area contributed by atoms with Crippen LogP contribution in [0.3, 0.4) is 0 Å². The third kappa shape index (κ3) is 2.87. The molecule has 0 amide bonds. The zero-order valence-corrected chi connectivity index (χ0v) is 9.12. The lowest BCUT2D eigenvalue weighted by atomic mass is 10.0. The fourth-order valence-electron chi connectivity index (χ4n) is 1.38. The zero-order valence-electron chi connectivity index (χ0n) is 9.12. The van der Waals surface area contributed by atoms with E-state index in [1.54, 1.807) is 0 Å². The fraction of sp³-hybridized carbons (Fsp3) is 0.417. The molecule has 0 aromatic carbocycles. The van der Waals surface area contributed by atoms with Crippen LogP contribution in [0.25, 0.3) is 0 Å². The molecule has 76 valence electrons. The Labute approximate surface area is 86.1 Å². The van der Waals surface area contributed by atoms with Crippen molar-refractivity contribution >= 4 is 5.71 Å². The molecule has 0 aliphatic carbocycles. The SMILES string of the molecule is CC=C/C=C(\C=C/C)C1=NNC(C)C1. The van der Waals surface area contributed by atoms with Crippen LogP contribution in [0.1, 0.15) is 27.2 Å². The highest BCUT2D eigenvalue weighted by Gasteiger charge is 2.14. The van der Waals surface area contributed by atoms with Crippen LogP contribution in [0.15, 0.2) is 41.1 Å².